The number of rotatable bonds is 12. The van der Waals surface area contributed by atoms with Crippen LogP contribution in [0, 0.1) is 13.8 Å². The Labute approximate surface area is 231 Å². The normalized spacial score (nSPS) is 11.9. The summed E-state index contributed by atoms with van der Waals surface area (Å²) in [5.74, 6) is -0.101. The van der Waals surface area contributed by atoms with Crippen molar-refractivity contribution in [3.8, 4) is 5.75 Å². The predicted molar refractivity (Wildman–Crippen MR) is 153 cm³/mol. The van der Waals surface area contributed by atoms with Crippen LogP contribution in [0.5, 0.6) is 5.75 Å². The van der Waals surface area contributed by atoms with Crippen LogP contribution in [0.4, 0.5) is 5.69 Å². The number of methoxy groups -OCH3 is 1. The fourth-order valence-electron chi connectivity index (χ4n) is 4.48. The topological polar surface area (TPSA) is 96.0 Å². The lowest BCUT2D eigenvalue weighted by molar-refractivity contribution is -0.140. The lowest BCUT2D eigenvalue weighted by Gasteiger charge is -2.33. The van der Waals surface area contributed by atoms with Crippen molar-refractivity contribution < 1.29 is 22.7 Å². The van der Waals surface area contributed by atoms with Gasteiger partial charge in [0, 0.05) is 13.1 Å². The Morgan fingerprint density at radius 1 is 0.923 bits per heavy atom. The van der Waals surface area contributed by atoms with Crippen LogP contribution < -0.4 is 14.4 Å². The van der Waals surface area contributed by atoms with Crippen LogP contribution in [0.15, 0.2) is 77.7 Å². The average Bonchev–Trinajstić information content (AvgIpc) is 2.91. The molecule has 1 N–H and O–H groups in total. The van der Waals surface area contributed by atoms with Gasteiger partial charge in [-0.3, -0.25) is 13.9 Å². The van der Waals surface area contributed by atoms with Gasteiger partial charge in [-0.1, -0.05) is 43.3 Å². The van der Waals surface area contributed by atoms with Crippen LogP contribution in [0.1, 0.15) is 37.0 Å². The molecule has 0 saturated heterocycles. The molecule has 39 heavy (non-hydrogen) atoms. The molecular weight excluding hydrogens is 514 g/mol. The minimum Gasteiger partial charge on any atom is -0.497 e. The Balaban J connectivity index is 2.07. The smallest absolute Gasteiger partial charge is 0.264 e. The third kappa shape index (κ3) is 7.38. The van der Waals surface area contributed by atoms with Gasteiger partial charge in [-0.25, -0.2) is 8.42 Å². The molecule has 0 bridgehead atoms. The van der Waals surface area contributed by atoms with E-state index >= 15 is 0 Å². The van der Waals surface area contributed by atoms with Gasteiger partial charge in [0.25, 0.3) is 10.0 Å². The third-order valence-corrected chi connectivity index (χ3v) is 8.14. The number of sulfonamides is 1. The fraction of sp³-hybridized carbons (Fsp3) is 0.333. The van der Waals surface area contributed by atoms with E-state index in [-0.39, 0.29) is 17.3 Å². The Morgan fingerprint density at radius 2 is 1.54 bits per heavy atom. The van der Waals surface area contributed by atoms with E-state index in [9.17, 15) is 18.0 Å². The molecule has 0 aliphatic carbocycles. The highest BCUT2D eigenvalue weighted by atomic mass is 32.2. The number of ether oxygens (including phenoxy) is 1. The number of aryl methyl sites for hydroxylation is 2. The molecule has 0 aliphatic rings. The number of nitrogens with zero attached hydrogens (tertiary/aromatic N) is 2. The van der Waals surface area contributed by atoms with E-state index in [0.29, 0.717) is 24.4 Å². The van der Waals surface area contributed by atoms with Gasteiger partial charge in [0.05, 0.1) is 17.7 Å². The lowest BCUT2D eigenvalue weighted by atomic mass is 10.1. The Bertz CT molecular complexity index is 1360. The van der Waals surface area contributed by atoms with Gasteiger partial charge in [-0.15, -0.1) is 0 Å². The molecule has 0 aliphatic heterocycles. The second kappa shape index (κ2) is 13.3. The number of hydrogen-bond donors (Lipinski definition) is 1. The zero-order chi connectivity index (χ0) is 28.6. The lowest BCUT2D eigenvalue weighted by Crippen LogP contribution is -2.52. The number of likely N-dealkylation sites (N-methyl/N-ethyl adjacent to an activating group) is 1. The number of hydrogen-bond acceptors (Lipinski definition) is 5. The molecule has 0 fully saturated rings. The number of carbonyl (C=O) groups excluding carboxylic acids is 2. The van der Waals surface area contributed by atoms with Crippen LogP contribution in [0.2, 0.25) is 0 Å². The largest absolute Gasteiger partial charge is 0.497 e. The van der Waals surface area contributed by atoms with Gasteiger partial charge in [-0.05, 0) is 80.3 Å². The number of benzene rings is 3. The molecule has 0 radical (unpaired) electrons. The molecule has 3 aromatic carbocycles. The van der Waals surface area contributed by atoms with Crippen LogP contribution in [-0.4, -0.2) is 51.4 Å². The summed E-state index contributed by atoms with van der Waals surface area (Å²) in [4.78, 5) is 28.6. The highest BCUT2D eigenvalue weighted by molar-refractivity contribution is 7.92. The molecule has 1 unspecified atom stereocenters. The van der Waals surface area contributed by atoms with E-state index in [1.54, 1.807) is 49.6 Å². The summed E-state index contributed by atoms with van der Waals surface area (Å²) < 4.78 is 34.1. The summed E-state index contributed by atoms with van der Waals surface area (Å²) in [6, 6.07) is 19.9. The summed E-state index contributed by atoms with van der Waals surface area (Å²) in [5, 5.41) is 2.81. The second-order valence-electron chi connectivity index (χ2n) is 9.36. The Hall–Kier alpha value is -3.85. The monoisotopic (exact) mass is 551 g/mol. The molecule has 0 spiro atoms. The maximum absolute atomic E-state index is 14.0. The molecule has 1 atom stereocenters. The summed E-state index contributed by atoms with van der Waals surface area (Å²) in [6.07, 6.45) is 0.364. The van der Waals surface area contributed by atoms with Gasteiger partial charge >= 0.3 is 0 Å². The van der Waals surface area contributed by atoms with E-state index in [1.807, 2.05) is 45.9 Å². The van der Waals surface area contributed by atoms with Crippen LogP contribution >= 0.6 is 0 Å². The van der Waals surface area contributed by atoms with Crippen LogP contribution in [0.3, 0.4) is 0 Å². The maximum atomic E-state index is 14.0. The molecule has 3 aromatic rings. The SMILES string of the molecule is CCNC(=O)C(CC)N(Cc1ccc(OC)cc1)C(=O)CN(c1cc(C)cc(C)c1)S(=O)(=O)c1ccccc1. The number of carbonyl (C=O) groups is 2. The van der Waals surface area contributed by atoms with Crippen molar-refractivity contribution >= 4 is 27.5 Å². The van der Waals surface area contributed by atoms with Crippen molar-refractivity contribution in [2.24, 2.45) is 0 Å². The molecule has 0 heterocycles. The number of nitrogens with one attached hydrogen (secondary N) is 1. The van der Waals surface area contributed by atoms with Crippen molar-refractivity contribution in [1.82, 2.24) is 10.2 Å². The van der Waals surface area contributed by atoms with Crippen molar-refractivity contribution in [3.63, 3.8) is 0 Å². The first kappa shape index (κ1) is 29.7. The molecular formula is C30H37N3O5S. The molecule has 0 aromatic heterocycles. The minimum atomic E-state index is -4.09. The van der Waals surface area contributed by atoms with Crippen molar-refractivity contribution in [2.75, 3.05) is 24.5 Å². The summed E-state index contributed by atoms with van der Waals surface area (Å²) >= 11 is 0. The highest BCUT2D eigenvalue weighted by Gasteiger charge is 2.33. The maximum Gasteiger partial charge on any atom is 0.264 e. The van der Waals surface area contributed by atoms with Gasteiger partial charge in [0.1, 0.15) is 18.3 Å². The molecule has 8 nitrogen and oxygen atoms in total. The molecule has 9 heteroatoms. The standard InChI is InChI=1S/C30H37N3O5S/c1-6-28(30(35)31-7-2)32(20-24-13-15-26(38-5)16-14-24)29(34)21-33(25-18-22(3)17-23(4)19-25)39(36,37)27-11-9-8-10-12-27/h8-19,28H,6-7,20-21H2,1-5H3,(H,31,35). The predicted octanol–water partition coefficient (Wildman–Crippen LogP) is 4.45. The molecule has 2 amide bonds. The first-order chi connectivity index (χ1) is 18.6. The van der Waals surface area contributed by atoms with Crippen molar-refractivity contribution in [3.05, 3.63) is 89.5 Å². The van der Waals surface area contributed by atoms with E-state index in [4.69, 9.17) is 4.74 Å². The van der Waals surface area contributed by atoms with E-state index in [0.717, 1.165) is 21.0 Å². The van der Waals surface area contributed by atoms with Gasteiger partial charge in [0.15, 0.2) is 0 Å². The number of amides is 2. The van der Waals surface area contributed by atoms with E-state index in [2.05, 4.69) is 5.32 Å². The van der Waals surface area contributed by atoms with Gasteiger partial charge < -0.3 is 15.0 Å². The second-order valence-corrected chi connectivity index (χ2v) is 11.2. The quantitative estimate of drug-likeness (QED) is 0.359. The third-order valence-electron chi connectivity index (χ3n) is 6.35. The summed E-state index contributed by atoms with van der Waals surface area (Å²) in [6.45, 7) is 7.48. The summed E-state index contributed by atoms with van der Waals surface area (Å²) in [7, 11) is -2.52. The Kier molecular flexibility index (Phi) is 10.1. The van der Waals surface area contributed by atoms with E-state index < -0.39 is 28.5 Å². The van der Waals surface area contributed by atoms with Crippen LogP contribution in [-0.2, 0) is 26.2 Å². The zero-order valence-corrected chi connectivity index (χ0v) is 24.0. The zero-order valence-electron chi connectivity index (χ0n) is 23.2. The molecule has 3 rings (SSSR count). The Morgan fingerprint density at radius 3 is 2.08 bits per heavy atom. The minimum absolute atomic E-state index is 0.0782. The average molecular weight is 552 g/mol. The van der Waals surface area contributed by atoms with Gasteiger partial charge in [-0.2, -0.15) is 0 Å². The number of anilines is 1. The summed E-state index contributed by atoms with van der Waals surface area (Å²) in [5.41, 5.74) is 2.92. The van der Waals surface area contributed by atoms with Crippen LogP contribution in [0.25, 0.3) is 0 Å². The fourth-order valence-corrected chi connectivity index (χ4v) is 5.90. The van der Waals surface area contributed by atoms with Crippen molar-refractivity contribution in [1.29, 1.82) is 0 Å². The van der Waals surface area contributed by atoms with Crippen molar-refractivity contribution in [2.45, 2.75) is 51.6 Å². The van der Waals surface area contributed by atoms with E-state index in [1.165, 1.54) is 17.0 Å². The first-order valence-corrected chi connectivity index (χ1v) is 14.4. The first-order valence-electron chi connectivity index (χ1n) is 13.0. The molecule has 208 valence electrons. The molecule has 0 saturated carbocycles. The van der Waals surface area contributed by atoms with Gasteiger partial charge in [0.2, 0.25) is 11.8 Å². The highest BCUT2D eigenvalue weighted by Crippen LogP contribution is 2.27.